The van der Waals surface area contributed by atoms with Gasteiger partial charge in [0, 0.05) is 112 Å². The maximum Gasteiger partial charge on any atom is 0.410 e. The lowest BCUT2D eigenvalue weighted by Crippen LogP contribution is -2.55. The number of para-hydroxylation sites is 2. The zero-order valence-corrected chi connectivity index (χ0v) is 58.4. The second kappa shape index (κ2) is 30.1. The van der Waals surface area contributed by atoms with Crippen molar-refractivity contribution in [1.29, 1.82) is 0 Å². The van der Waals surface area contributed by atoms with E-state index < -0.39 is 31.2 Å². The number of nitrogens with one attached hydrogen (secondary N) is 3. The van der Waals surface area contributed by atoms with E-state index in [2.05, 4.69) is 30.8 Å². The van der Waals surface area contributed by atoms with Crippen LogP contribution in [-0.2, 0) is 34.3 Å². The van der Waals surface area contributed by atoms with Gasteiger partial charge in [0.15, 0.2) is 0 Å². The molecule has 4 aromatic heterocycles. The van der Waals surface area contributed by atoms with E-state index >= 15 is 0 Å². The third-order valence-electron chi connectivity index (χ3n) is 17.1. The van der Waals surface area contributed by atoms with Crippen LogP contribution in [0.3, 0.4) is 0 Å². The van der Waals surface area contributed by atoms with Crippen LogP contribution in [0, 0.1) is 0 Å². The molecule has 8 aromatic rings. The van der Waals surface area contributed by atoms with Crippen LogP contribution >= 0.6 is 23.2 Å². The van der Waals surface area contributed by atoms with Gasteiger partial charge in [-0.05, 0) is 129 Å². The Morgan fingerprint density at radius 1 is 0.615 bits per heavy atom. The fraction of sp³-hybridized carbons (Fsp3) is 0.449. The summed E-state index contributed by atoms with van der Waals surface area (Å²) < 4.78 is 73.2. The number of benzene rings is 4. The normalized spacial score (nSPS) is 20.8. The molecule has 3 saturated heterocycles. The van der Waals surface area contributed by atoms with E-state index in [1.54, 1.807) is 107 Å². The molecule has 3 aliphatic heterocycles. The maximum absolute atomic E-state index is 13.6. The number of aliphatic hydroxyl groups is 2. The Balaban J connectivity index is 0.000000177. The first-order valence-corrected chi connectivity index (χ1v) is 36.0. The molecule has 7 heterocycles. The number of rotatable bonds is 12. The van der Waals surface area contributed by atoms with Crippen molar-refractivity contribution >= 4 is 89.1 Å². The number of halogens is 2. The molecular formula is C69H86Cl2N12O11S2. The molecule has 27 heteroatoms. The molecule has 0 radical (unpaired) electrons. The number of hydrogen-bond donors (Lipinski definition) is 5. The van der Waals surface area contributed by atoms with Gasteiger partial charge in [0.1, 0.15) is 11.2 Å². The largest absolute Gasteiger partial charge is 0.444 e. The van der Waals surface area contributed by atoms with E-state index in [4.69, 9.17) is 52.5 Å². The minimum Gasteiger partial charge on any atom is -0.444 e. The molecule has 13 rings (SSSR count). The highest BCUT2D eigenvalue weighted by Gasteiger charge is 2.48. The maximum atomic E-state index is 13.6. The first kappa shape index (κ1) is 71.3. The predicted octanol–water partition coefficient (Wildman–Crippen LogP) is 11.2. The third-order valence-corrected chi connectivity index (χ3v) is 21.0. The lowest BCUT2D eigenvalue weighted by atomic mass is 9.81. The van der Waals surface area contributed by atoms with Crippen LogP contribution in [0.2, 0.25) is 10.0 Å². The molecule has 4 atom stereocenters. The predicted molar refractivity (Wildman–Crippen MR) is 372 cm³/mol. The van der Waals surface area contributed by atoms with Crippen LogP contribution in [-0.4, -0.2) is 189 Å². The van der Waals surface area contributed by atoms with Gasteiger partial charge in [0.25, 0.3) is 20.0 Å². The Bertz CT molecular complexity index is 4230. The SMILES string of the molecule is CC(C)(C)OC(=O)N1CCN(CC2(O)CCC[C@@H](Nc3ncc(Cl)c(-c4cn(S(=O)(=O)c5ccccc5)c5ccccc45)n3)C2)CC1.CC(C)(C)OC(=O)N1CCNCC1.CO.O=S(=O)(c1ccccc1)n1cc(-c2nc(N[C@@H]3CCCC4(CO4)C3)ncc2Cl)c2ccccc21. The van der Waals surface area contributed by atoms with E-state index in [0.717, 1.165) is 83.8 Å². The highest BCUT2D eigenvalue weighted by Crippen LogP contribution is 2.43. The number of fused-ring (bicyclic) bond motifs is 2. The zero-order chi connectivity index (χ0) is 68.6. The smallest absolute Gasteiger partial charge is 0.410 e. The second-order valence-electron chi connectivity index (χ2n) is 26.7. The minimum absolute atomic E-state index is 0.0321. The summed E-state index contributed by atoms with van der Waals surface area (Å²) in [6.07, 6.45) is 12.8. The van der Waals surface area contributed by atoms with Crippen molar-refractivity contribution in [2.24, 2.45) is 0 Å². The standard InChI is InChI=1S/C34H41ClN6O5S.C25H23ClN4O3S.C9H18N2O2.CH4O/c1-33(2,3)46-32(42)40-18-16-39(17-19-40)23-34(43)15-9-10-24(20-34)37-31-36-21-28(35)30(38-31)27-22-41(29-14-8-7-13-26(27)29)47(44,45)25-11-5-4-6-12-25;26-21-14-27-24(28-17-7-6-12-25(13-17)16-33-25)29-23(21)20-15-30(22-11-5-4-10-19(20)22)34(31,32)18-8-2-1-3-9-18;1-9(2,3)13-8(12)11-6-4-10-5-7-11;1-2/h4-8,11-14,21-22,24,43H,9-10,15-20,23H2,1-3H3,(H,36,37,38);1-5,8-11,14-15,17H,6-7,12-13,16H2,(H,27,28,29);10H,4-7H2,1-3H3;2H,1H3/t24-,34?;17-,25?;;/m11../s1. The van der Waals surface area contributed by atoms with Gasteiger partial charge >= 0.3 is 12.2 Å². The number of piperazine rings is 2. The molecule has 5 aliphatic rings. The number of carbonyl (C=O) groups excluding carboxylic acids is 2. The second-order valence-corrected chi connectivity index (χ2v) is 31.1. The number of nitrogens with zero attached hydrogens (tertiary/aromatic N) is 9. The monoisotopic (exact) mass is 1390 g/mol. The summed E-state index contributed by atoms with van der Waals surface area (Å²) in [4.78, 5) is 48.3. The summed E-state index contributed by atoms with van der Waals surface area (Å²) in [6.45, 7) is 18.2. The minimum atomic E-state index is -3.88. The topological polar surface area (TPSA) is 281 Å². The molecule has 514 valence electrons. The Kier molecular flexibility index (Phi) is 22.4. The van der Waals surface area contributed by atoms with Gasteiger partial charge in [-0.1, -0.05) is 96.0 Å². The number of amides is 2. The van der Waals surface area contributed by atoms with Crippen molar-refractivity contribution in [2.45, 2.75) is 137 Å². The van der Waals surface area contributed by atoms with E-state index in [1.165, 1.54) is 14.1 Å². The van der Waals surface area contributed by atoms with Gasteiger partial charge in [-0.3, -0.25) is 4.90 Å². The first-order chi connectivity index (χ1) is 45.8. The molecular weight excluding hydrogens is 1310 g/mol. The van der Waals surface area contributed by atoms with E-state index in [1.807, 2.05) is 71.9 Å². The summed E-state index contributed by atoms with van der Waals surface area (Å²) >= 11 is 13.2. The van der Waals surface area contributed by atoms with E-state index in [0.29, 0.717) is 106 Å². The molecule has 5 fully saturated rings. The van der Waals surface area contributed by atoms with Crippen molar-refractivity contribution in [1.82, 2.24) is 47.9 Å². The van der Waals surface area contributed by atoms with Crippen LogP contribution < -0.4 is 16.0 Å². The molecule has 2 aliphatic carbocycles. The van der Waals surface area contributed by atoms with Crippen molar-refractivity contribution in [3.63, 3.8) is 0 Å². The summed E-state index contributed by atoms with van der Waals surface area (Å²) in [5.74, 6) is 0.831. The van der Waals surface area contributed by atoms with Crippen molar-refractivity contribution in [3.05, 3.63) is 144 Å². The quantitative estimate of drug-likeness (QED) is 0.0711. The molecule has 0 bridgehead atoms. The van der Waals surface area contributed by atoms with Crippen LogP contribution in [0.25, 0.3) is 44.3 Å². The number of ether oxygens (including phenoxy) is 3. The molecule has 2 amide bonds. The molecule has 5 N–H and O–H groups in total. The highest BCUT2D eigenvalue weighted by atomic mass is 35.5. The summed E-state index contributed by atoms with van der Waals surface area (Å²) in [5.41, 5.74) is 1.39. The number of epoxide rings is 1. The van der Waals surface area contributed by atoms with Gasteiger partial charge in [-0.15, -0.1) is 0 Å². The van der Waals surface area contributed by atoms with Crippen LogP contribution in [0.4, 0.5) is 21.5 Å². The van der Waals surface area contributed by atoms with Gasteiger partial charge in [-0.25, -0.2) is 54.3 Å². The van der Waals surface area contributed by atoms with Gasteiger partial charge in [-0.2, -0.15) is 0 Å². The Morgan fingerprint density at radius 2 is 1.03 bits per heavy atom. The summed E-state index contributed by atoms with van der Waals surface area (Å²) in [6, 6.07) is 31.4. The Hall–Kier alpha value is -7.46. The molecule has 96 heavy (non-hydrogen) atoms. The molecule has 4 aromatic carbocycles. The lowest BCUT2D eigenvalue weighted by molar-refractivity contribution is -0.0404. The van der Waals surface area contributed by atoms with E-state index in [9.17, 15) is 31.5 Å². The number of hydrogen-bond acceptors (Lipinski definition) is 19. The molecule has 2 unspecified atom stereocenters. The van der Waals surface area contributed by atoms with Gasteiger partial charge < -0.3 is 50.2 Å². The zero-order valence-electron chi connectivity index (χ0n) is 55.3. The Morgan fingerprint density at radius 3 is 1.48 bits per heavy atom. The molecule has 23 nitrogen and oxygen atoms in total. The number of anilines is 2. The van der Waals surface area contributed by atoms with E-state index in [-0.39, 0.29) is 45.3 Å². The third kappa shape index (κ3) is 17.4. The van der Waals surface area contributed by atoms with Crippen LogP contribution in [0.15, 0.2) is 144 Å². The van der Waals surface area contributed by atoms with Crippen molar-refractivity contribution in [2.75, 3.05) is 83.3 Å². The summed E-state index contributed by atoms with van der Waals surface area (Å²) in [7, 11) is -6.69. The van der Waals surface area contributed by atoms with Crippen LogP contribution in [0.1, 0.15) is 92.9 Å². The lowest BCUT2D eigenvalue weighted by Gasteiger charge is -2.43. The van der Waals surface area contributed by atoms with Gasteiger partial charge in [0.05, 0.1) is 72.5 Å². The van der Waals surface area contributed by atoms with Crippen molar-refractivity contribution in [3.8, 4) is 22.5 Å². The number of β-amino-alcohol motifs (C(OH)–C–C–N with tert-alkyl or cyclic N) is 1. The number of aromatic nitrogens is 6. The number of carbonyl (C=O) groups is 2. The average Bonchev–Trinajstić information content (AvgIpc) is 1.60. The summed E-state index contributed by atoms with van der Waals surface area (Å²) in [5, 5.41) is 30.8. The van der Waals surface area contributed by atoms with Crippen LogP contribution in [0.5, 0.6) is 0 Å². The average molecular weight is 1390 g/mol. The van der Waals surface area contributed by atoms with Crippen molar-refractivity contribution < 1.29 is 50.8 Å². The Labute approximate surface area is 571 Å². The fourth-order valence-electron chi connectivity index (χ4n) is 12.5. The molecule has 2 saturated carbocycles. The fourth-order valence-corrected chi connectivity index (χ4v) is 15.7. The number of aliphatic hydroxyl groups excluding tert-OH is 1. The first-order valence-electron chi connectivity index (χ1n) is 32.4. The van der Waals surface area contributed by atoms with Gasteiger partial charge in [0.2, 0.25) is 11.9 Å². The highest BCUT2D eigenvalue weighted by molar-refractivity contribution is 7.90. The molecule has 1 spiro atoms.